The summed E-state index contributed by atoms with van der Waals surface area (Å²) >= 11 is 1.67. The third kappa shape index (κ3) is 6.99. The number of thiophene rings is 1. The molecular formula is C17H29N3O2S. The summed E-state index contributed by atoms with van der Waals surface area (Å²) in [5.74, 6) is 0.739. The van der Waals surface area contributed by atoms with Crippen LogP contribution in [0.25, 0.3) is 0 Å². The van der Waals surface area contributed by atoms with E-state index in [2.05, 4.69) is 15.1 Å². The van der Waals surface area contributed by atoms with Crippen LogP contribution in [-0.2, 0) is 11.3 Å². The second-order valence-electron chi connectivity index (χ2n) is 6.65. The number of likely N-dealkylation sites (tertiary alicyclic amines) is 1. The Hall–Kier alpha value is -0.950. The molecule has 1 amide bonds. The van der Waals surface area contributed by atoms with E-state index in [9.17, 15) is 9.90 Å². The molecular weight excluding hydrogens is 310 g/mol. The molecule has 2 heterocycles. The minimum Gasteiger partial charge on any atom is -0.392 e. The molecule has 0 saturated carbocycles. The van der Waals surface area contributed by atoms with Gasteiger partial charge in [-0.25, -0.2) is 0 Å². The molecule has 23 heavy (non-hydrogen) atoms. The normalized spacial score (nSPS) is 18.3. The van der Waals surface area contributed by atoms with Gasteiger partial charge in [-0.05, 0) is 57.3 Å². The fraction of sp³-hybridized carbons (Fsp3) is 0.706. The second kappa shape index (κ2) is 9.37. The highest BCUT2D eigenvalue weighted by atomic mass is 32.1. The molecule has 0 aliphatic carbocycles. The van der Waals surface area contributed by atoms with Crippen molar-refractivity contribution in [2.75, 3.05) is 39.8 Å². The smallest absolute Gasteiger partial charge is 0.234 e. The fourth-order valence-electron chi connectivity index (χ4n) is 3.13. The lowest BCUT2D eigenvalue weighted by molar-refractivity contribution is -0.122. The molecule has 1 aromatic heterocycles. The highest BCUT2D eigenvalue weighted by Crippen LogP contribution is 2.18. The first-order chi connectivity index (χ1) is 11.0. The largest absolute Gasteiger partial charge is 0.392 e. The summed E-state index contributed by atoms with van der Waals surface area (Å²) in [5, 5.41) is 14.4. The van der Waals surface area contributed by atoms with E-state index in [1.54, 1.807) is 11.3 Å². The summed E-state index contributed by atoms with van der Waals surface area (Å²) in [6, 6.07) is 4.04. The minimum absolute atomic E-state index is 0.0902. The van der Waals surface area contributed by atoms with Crippen molar-refractivity contribution in [3.63, 3.8) is 0 Å². The van der Waals surface area contributed by atoms with Crippen molar-refractivity contribution in [2.45, 2.75) is 32.4 Å². The maximum absolute atomic E-state index is 12.0. The van der Waals surface area contributed by atoms with Gasteiger partial charge in [0.25, 0.3) is 0 Å². The van der Waals surface area contributed by atoms with E-state index >= 15 is 0 Å². The van der Waals surface area contributed by atoms with E-state index in [1.807, 2.05) is 31.5 Å². The highest BCUT2D eigenvalue weighted by Gasteiger charge is 2.21. The molecule has 0 spiro atoms. The van der Waals surface area contributed by atoms with Crippen LogP contribution < -0.4 is 5.32 Å². The lowest BCUT2D eigenvalue weighted by atomic mass is 9.96. The number of β-amino-alcohol motifs (C(OH)–C–C–N with tert-alkyl or cyclic N) is 1. The number of nitrogens with one attached hydrogen (secondary N) is 1. The SMILES string of the molecule is CC(O)CN1CCC(CN(C)CC(=O)NCc2cccs2)CC1. The molecule has 0 radical (unpaired) electrons. The van der Waals surface area contributed by atoms with Gasteiger partial charge in [-0.1, -0.05) is 6.07 Å². The molecule has 1 saturated heterocycles. The van der Waals surface area contributed by atoms with Crippen molar-refractivity contribution >= 4 is 17.2 Å². The zero-order valence-corrected chi connectivity index (χ0v) is 15.0. The van der Waals surface area contributed by atoms with Crippen molar-refractivity contribution in [3.05, 3.63) is 22.4 Å². The summed E-state index contributed by atoms with van der Waals surface area (Å²) in [7, 11) is 2.02. The molecule has 1 atom stereocenters. The Morgan fingerprint density at radius 1 is 1.52 bits per heavy atom. The number of piperidine rings is 1. The molecule has 6 heteroatoms. The number of hydrogen-bond donors (Lipinski definition) is 2. The molecule has 1 aliphatic rings. The maximum Gasteiger partial charge on any atom is 0.234 e. The standard InChI is InChI=1S/C17H29N3O2S/c1-14(21)11-20-7-5-15(6-8-20)12-19(2)13-17(22)18-10-16-4-3-9-23-16/h3-4,9,14-15,21H,5-8,10-13H2,1-2H3,(H,18,22). The number of aliphatic hydroxyl groups is 1. The zero-order valence-electron chi connectivity index (χ0n) is 14.2. The predicted octanol–water partition coefficient (Wildman–Crippen LogP) is 1.39. The van der Waals surface area contributed by atoms with E-state index < -0.39 is 0 Å². The third-order valence-corrected chi connectivity index (χ3v) is 5.13. The van der Waals surface area contributed by atoms with Crippen LogP contribution in [0.2, 0.25) is 0 Å². The Balaban J connectivity index is 1.61. The summed E-state index contributed by atoms with van der Waals surface area (Å²) in [6.07, 6.45) is 2.04. The summed E-state index contributed by atoms with van der Waals surface area (Å²) in [4.78, 5) is 17.6. The predicted molar refractivity (Wildman–Crippen MR) is 94.5 cm³/mol. The Labute approximate surface area is 143 Å². The van der Waals surface area contributed by atoms with Gasteiger partial charge in [0.05, 0.1) is 19.2 Å². The van der Waals surface area contributed by atoms with E-state index in [1.165, 1.54) is 4.88 Å². The molecule has 130 valence electrons. The molecule has 1 aromatic rings. The lowest BCUT2D eigenvalue weighted by Gasteiger charge is -2.34. The number of hydrogen-bond acceptors (Lipinski definition) is 5. The fourth-order valence-corrected chi connectivity index (χ4v) is 3.78. The van der Waals surface area contributed by atoms with Gasteiger partial charge < -0.3 is 15.3 Å². The van der Waals surface area contributed by atoms with E-state index in [4.69, 9.17) is 0 Å². The van der Waals surface area contributed by atoms with Crippen LogP contribution >= 0.6 is 11.3 Å². The first kappa shape index (κ1) is 18.4. The summed E-state index contributed by atoms with van der Waals surface area (Å²) in [5.41, 5.74) is 0. The molecule has 2 N–H and O–H groups in total. The first-order valence-electron chi connectivity index (χ1n) is 8.41. The molecule has 2 rings (SSSR count). The number of likely N-dealkylation sites (N-methyl/N-ethyl adjacent to an activating group) is 1. The van der Waals surface area contributed by atoms with Gasteiger partial charge in [0, 0.05) is 18.0 Å². The minimum atomic E-state index is -0.249. The number of nitrogens with zero attached hydrogens (tertiary/aromatic N) is 2. The summed E-state index contributed by atoms with van der Waals surface area (Å²) in [6.45, 7) is 6.76. The third-order valence-electron chi connectivity index (χ3n) is 4.25. The number of rotatable bonds is 8. The van der Waals surface area contributed by atoms with E-state index in [0.29, 0.717) is 19.0 Å². The topological polar surface area (TPSA) is 55.8 Å². The Morgan fingerprint density at radius 2 is 2.26 bits per heavy atom. The van der Waals surface area contributed by atoms with Crippen molar-refractivity contribution in [3.8, 4) is 0 Å². The van der Waals surface area contributed by atoms with Crippen LogP contribution in [0.3, 0.4) is 0 Å². The van der Waals surface area contributed by atoms with Crippen LogP contribution in [0.4, 0.5) is 0 Å². The average molecular weight is 340 g/mol. The molecule has 1 aliphatic heterocycles. The van der Waals surface area contributed by atoms with Crippen LogP contribution in [0, 0.1) is 5.92 Å². The first-order valence-corrected chi connectivity index (χ1v) is 9.29. The van der Waals surface area contributed by atoms with Gasteiger partial charge in [-0.2, -0.15) is 0 Å². The van der Waals surface area contributed by atoms with Crippen LogP contribution in [0.5, 0.6) is 0 Å². The molecule has 5 nitrogen and oxygen atoms in total. The Morgan fingerprint density at radius 3 is 2.87 bits per heavy atom. The monoisotopic (exact) mass is 339 g/mol. The molecule has 1 fully saturated rings. The van der Waals surface area contributed by atoms with Gasteiger partial charge in [0.1, 0.15) is 0 Å². The number of amides is 1. The number of aliphatic hydroxyl groups excluding tert-OH is 1. The van der Waals surface area contributed by atoms with Gasteiger partial charge in [-0.15, -0.1) is 11.3 Å². The van der Waals surface area contributed by atoms with E-state index in [-0.39, 0.29) is 12.0 Å². The van der Waals surface area contributed by atoms with Crippen molar-refractivity contribution < 1.29 is 9.90 Å². The van der Waals surface area contributed by atoms with Crippen LogP contribution in [0.1, 0.15) is 24.6 Å². The second-order valence-corrected chi connectivity index (χ2v) is 7.68. The summed E-state index contributed by atoms with van der Waals surface area (Å²) < 4.78 is 0. The van der Waals surface area contributed by atoms with Crippen molar-refractivity contribution in [1.29, 1.82) is 0 Å². The molecule has 0 aromatic carbocycles. The lowest BCUT2D eigenvalue weighted by Crippen LogP contribution is -2.42. The number of carbonyl (C=O) groups excluding carboxylic acids is 1. The average Bonchev–Trinajstić information content (AvgIpc) is 3.00. The van der Waals surface area contributed by atoms with Crippen molar-refractivity contribution in [1.82, 2.24) is 15.1 Å². The van der Waals surface area contributed by atoms with Gasteiger partial charge in [-0.3, -0.25) is 9.69 Å². The van der Waals surface area contributed by atoms with Gasteiger partial charge in [0.2, 0.25) is 5.91 Å². The molecule has 1 unspecified atom stereocenters. The van der Waals surface area contributed by atoms with E-state index in [0.717, 1.165) is 39.0 Å². The van der Waals surface area contributed by atoms with Crippen molar-refractivity contribution in [2.24, 2.45) is 5.92 Å². The Kier molecular flexibility index (Phi) is 7.49. The maximum atomic E-state index is 12.0. The zero-order chi connectivity index (χ0) is 16.7. The Bertz CT molecular complexity index is 456. The van der Waals surface area contributed by atoms with Crippen LogP contribution in [-0.4, -0.2) is 66.7 Å². The van der Waals surface area contributed by atoms with Gasteiger partial charge in [0.15, 0.2) is 0 Å². The quantitative estimate of drug-likeness (QED) is 0.751. The van der Waals surface area contributed by atoms with Gasteiger partial charge >= 0.3 is 0 Å². The molecule has 0 bridgehead atoms. The van der Waals surface area contributed by atoms with Crippen LogP contribution in [0.15, 0.2) is 17.5 Å². The number of carbonyl (C=O) groups is 1. The highest BCUT2D eigenvalue weighted by molar-refractivity contribution is 7.09.